The van der Waals surface area contributed by atoms with Crippen LogP contribution in [0.2, 0.25) is 0 Å². The van der Waals surface area contributed by atoms with E-state index in [2.05, 4.69) is 52.6 Å². The summed E-state index contributed by atoms with van der Waals surface area (Å²) in [6.07, 6.45) is 8.88. The molecule has 0 spiro atoms. The van der Waals surface area contributed by atoms with E-state index in [1.165, 1.54) is 5.52 Å². The van der Waals surface area contributed by atoms with Crippen LogP contribution in [0.4, 0.5) is 0 Å². The fraction of sp³-hybridized carbons (Fsp3) is 0.0769. The van der Waals surface area contributed by atoms with Gasteiger partial charge in [-0.3, -0.25) is 9.97 Å². The van der Waals surface area contributed by atoms with E-state index < -0.39 is 0 Å². The van der Waals surface area contributed by atoms with E-state index in [0.717, 1.165) is 32.4 Å². The SMILES string of the molecule is Brc1ccncc1.Cl.Cn1c(-c2ccncc2)nc2ccccc21.Cn1cnc2ccccc21. The number of aryl methyl sites for hydroxylation is 2. The maximum absolute atomic E-state index is 4.62. The summed E-state index contributed by atoms with van der Waals surface area (Å²) in [6.45, 7) is 0. The summed E-state index contributed by atoms with van der Waals surface area (Å²) >= 11 is 3.27. The molecular weight excluding hydrogens is 512 g/mol. The first-order valence-corrected chi connectivity index (χ1v) is 11.2. The number of hydrogen-bond acceptors (Lipinski definition) is 4. The average molecular weight is 536 g/mol. The molecule has 0 saturated carbocycles. The Morgan fingerprint density at radius 1 is 0.676 bits per heavy atom. The molecule has 6 aromatic rings. The van der Waals surface area contributed by atoms with Crippen LogP contribution in [0.25, 0.3) is 33.5 Å². The molecule has 172 valence electrons. The highest BCUT2D eigenvalue weighted by atomic mass is 79.9. The Bertz CT molecular complexity index is 1450. The minimum Gasteiger partial charge on any atom is -0.334 e. The van der Waals surface area contributed by atoms with E-state index in [0.29, 0.717) is 0 Å². The Kier molecular flexibility index (Phi) is 8.90. The third-order valence-corrected chi connectivity index (χ3v) is 5.53. The van der Waals surface area contributed by atoms with Crippen LogP contribution in [-0.2, 0) is 14.1 Å². The van der Waals surface area contributed by atoms with Crippen molar-refractivity contribution in [1.82, 2.24) is 29.1 Å². The van der Waals surface area contributed by atoms with E-state index in [4.69, 9.17) is 0 Å². The highest BCUT2D eigenvalue weighted by Crippen LogP contribution is 2.22. The molecule has 8 heteroatoms. The van der Waals surface area contributed by atoms with Crippen molar-refractivity contribution in [2.45, 2.75) is 0 Å². The van der Waals surface area contributed by atoms with Gasteiger partial charge in [0.25, 0.3) is 0 Å². The minimum atomic E-state index is 0. The van der Waals surface area contributed by atoms with Crippen LogP contribution in [-0.4, -0.2) is 29.1 Å². The first-order chi connectivity index (χ1) is 16.1. The van der Waals surface area contributed by atoms with Crippen molar-refractivity contribution in [3.8, 4) is 11.4 Å². The number of hydrogen-bond donors (Lipinski definition) is 0. The summed E-state index contributed by atoms with van der Waals surface area (Å²) in [5, 5.41) is 0. The summed E-state index contributed by atoms with van der Waals surface area (Å²) in [7, 11) is 4.03. The molecule has 2 aromatic carbocycles. The van der Waals surface area contributed by atoms with Crippen molar-refractivity contribution in [3.05, 3.63) is 108 Å². The smallest absolute Gasteiger partial charge is 0.140 e. The molecule has 4 aromatic heterocycles. The fourth-order valence-corrected chi connectivity index (χ4v) is 3.56. The lowest BCUT2D eigenvalue weighted by Gasteiger charge is -2.01. The highest BCUT2D eigenvalue weighted by molar-refractivity contribution is 9.10. The van der Waals surface area contributed by atoms with Crippen LogP contribution in [0.5, 0.6) is 0 Å². The van der Waals surface area contributed by atoms with Crippen molar-refractivity contribution in [3.63, 3.8) is 0 Å². The van der Waals surface area contributed by atoms with E-state index >= 15 is 0 Å². The quantitative estimate of drug-likeness (QED) is 0.242. The van der Waals surface area contributed by atoms with Gasteiger partial charge in [-0.05, 0) is 48.5 Å². The molecule has 0 unspecified atom stereocenters. The molecule has 0 atom stereocenters. The topological polar surface area (TPSA) is 61.4 Å². The standard InChI is InChI=1S/C13H11N3.C8H8N2.C5H4BrN.ClH/c1-16-12-5-3-2-4-11(12)15-13(16)10-6-8-14-9-7-10;1-10-6-9-7-4-2-3-5-8(7)10;6-5-1-3-7-4-2-5;/h2-9H,1H3;2-6H,1H3;1-4H;1H. The van der Waals surface area contributed by atoms with Gasteiger partial charge in [0.15, 0.2) is 0 Å². The zero-order valence-electron chi connectivity index (χ0n) is 18.8. The Balaban J connectivity index is 0.000000155. The Labute approximate surface area is 212 Å². The van der Waals surface area contributed by atoms with Crippen LogP contribution >= 0.6 is 28.3 Å². The molecule has 0 amide bonds. The largest absolute Gasteiger partial charge is 0.334 e. The van der Waals surface area contributed by atoms with Gasteiger partial charge in [0.2, 0.25) is 0 Å². The summed E-state index contributed by atoms with van der Waals surface area (Å²) in [5.74, 6) is 0.976. The zero-order valence-corrected chi connectivity index (χ0v) is 21.2. The van der Waals surface area contributed by atoms with Crippen molar-refractivity contribution in [1.29, 1.82) is 0 Å². The number of para-hydroxylation sites is 4. The number of benzene rings is 2. The lowest BCUT2D eigenvalue weighted by Crippen LogP contribution is -1.92. The van der Waals surface area contributed by atoms with E-state index in [1.54, 1.807) is 24.8 Å². The Morgan fingerprint density at radius 2 is 1.24 bits per heavy atom. The Morgan fingerprint density at radius 3 is 1.79 bits per heavy atom. The van der Waals surface area contributed by atoms with E-state index in [1.807, 2.05) is 85.7 Å². The van der Waals surface area contributed by atoms with E-state index in [-0.39, 0.29) is 12.4 Å². The second kappa shape index (κ2) is 12.1. The molecule has 0 aliphatic carbocycles. The molecule has 4 heterocycles. The lowest BCUT2D eigenvalue weighted by molar-refractivity contribution is 0.948. The molecule has 0 N–H and O–H groups in total. The lowest BCUT2D eigenvalue weighted by atomic mass is 10.2. The molecule has 34 heavy (non-hydrogen) atoms. The number of rotatable bonds is 1. The van der Waals surface area contributed by atoms with Gasteiger partial charge in [0.1, 0.15) is 5.82 Å². The zero-order chi connectivity index (χ0) is 23.0. The van der Waals surface area contributed by atoms with Crippen molar-refractivity contribution in [2.75, 3.05) is 0 Å². The van der Waals surface area contributed by atoms with Crippen LogP contribution < -0.4 is 0 Å². The first kappa shape index (κ1) is 25.1. The molecule has 0 aliphatic heterocycles. The van der Waals surface area contributed by atoms with Crippen LogP contribution in [0, 0.1) is 0 Å². The van der Waals surface area contributed by atoms with Crippen molar-refractivity contribution < 1.29 is 0 Å². The second-order valence-electron chi connectivity index (χ2n) is 7.23. The van der Waals surface area contributed by atoms with Crippen LogP contribution in [0.1, 0.15) is 0 Å². The summed E-state index contributed by atoms with van der Waals surface area (Å²) in [4.78, 5) is 16.6. The molecule has 0 radical (unpaired) electrons. The third kappa shape index (κ3) is 6.07. The third-order valence-electron chi connectivity index (χ3n) is 5.00. The summed E-state index contributed by atoms with van der Waals surface area (Å²) in [5.41, 5.74) is 5.51. The number of imidazole rings is 2. The molecule has 0 bridgehead atoms. The number of pyridine rings is 2. The predicted molar refractivity (Wildman–Crippen MR) is 144 cm³/mol. The second-order valence-corrected chi connectivity index (χ2v) is 8.14. The van der Waals surface area contributed by atoms with Crippen LogP contribution in [0.3, 0.4) is 0 Å². The monoisotopic (exact) mass is 534 g/mol. The van der Waals surface area contributed by atoms with Gasteiger partial charge >= 0.3 is 0 Å². The van der Waals surface area contributed by atoms with Gasteiger partial charge in [-0.15, -0.1) is 12.4 Å². The first-order valence-electron chi connectivity index (χ1n) is 10.4. The fourth-order valence-electron chi connectivity index (χ4n) is 3.32. The van der Waals surface area contributed by atoms with Gasteiger partial charge < -0.3 is 9.13 Å². The number of aromatic nitrogens is 6. The Hall–Kier alpha value is -3.55. The van der Waals surface area contributed by atoms with Gasteiger partial charge in [-0.2, -0.15) is 0 Å². The van der Waals surface area contributed by atoms with Gasteiger partial charge in [0.05, 0.1) is 28.4 Å². The maximum Gasteiger partial charge on any atom is 0.140 e. The normalized spacial score (nSPS) is 9.97. The molecule has 0 aliphatic rings. The predicted octanol–water partition coefficient (Wildman–Crippen LogP) is 6.47. The number of fused-ring (bicyclic) bond motifs is 2. The number of nitrogens with zero attached hydrogens (tertiary/aromatic N) is 6. The molecular formula is C26H24BrClN6. The van der Waals surface area contributed by atoms with Crippen LogP contribution in [0.15, 0.2) is 108 Å². The maximum atomic E-state index is 4.62. The summed E-state index contributed by atoms with van der Waals surface area (Å²) in [6, 6.07) is 23.9. The van der Waals surface area contributed by atoms with Gasteiger partial charge in [0, 0.05) is 48.9 Å². The minimum absolute atomic E-state index is 0. The molecule has 6 rings (SSSR count). The van der Waals surface area contributed by atoms with Gasteiger partial charge in [-0.25, -0.2) is 9.97 Å². The molecule has 0 fully saturated rings. The van der Waals surface area contributed by atoms with E-state index in [9.17, 15) is 0 Å². The number of halogens is 2. The average Bonchev–Trinajstić information content (AvgIpc) is 3.41. The molecule has 0 saturated heterocycles. The van der Waals surface area contributed by atoms with Crippen molar-refractivity contribution >= 4 is 50.4 Å². The highest BCUT2D eigenvalue weighted by Gasteiger charge is 2.08. The molecule has 6 nitrogen and oxygen atoms in total. The van der Waals surface area contributed by atoms with Gasteiger partial charge in [-0.1, -0.05) is 40.2 Å². The summed E-state index contributed by atoms with van der Waals surface area (Å²) < 4.78 is 5.18. The van der Waals surface area contributed by atoms with Crippen molar-refractivity contribution in [2.24, 2.45) is 14.1 Å².